The maximum absolute atomic E-state index is 11.8. The molecule has 0 radical (unpaired) electrons. The van der Waals surface area contributed by atoms with Gasteiger partial charge in [0.2, 0.25) is 0 Å². The van der Waals surface area contributed by atoms with Gasteiger partial charge in [-0.3, -0.25) is 10.1 Å². The van der Waals surface area contributed by atoms with Crippen molar-refractivity contribution in [1.29, 1.82) is 0 Å². The van der Waals surface area contributed by atoms with E-state index in [2.05, 4.69) is 29.6 Å². The fourth-order valence-corrected chi connectivity index (χ4v) is 3.80. The second-order valence-corrected chi connectivity index (χ2v) is 7.56. The standard InChI is InChI=1S/C24H23N3O3/c1-16(2)20-15-26(14-17-9-11-19(30-3)12-10-17)24-23(20)22(18-7-5-4-6-8-18)21(13-25-24)27(28)29/h4-13,15-16H,14H2,1-3H3. The normalized spacial score (nSPS) is 11.2. The predicted molar refractivity (Wildman–Crippen MR) is 118 cm³/mol. The van der Waals surface area contributed by atoms with Gasteiger partial charge in [0.25, 0.3) is 5.69 Å². The molecule has 0 aliphatic heterocycles. The second-order valence-electron chi connectivity index (χ2n) is 7.56. The monoisotopic (exact) mass is 401 g/mol. The van der Waals surface area contributed by atoms with Crippen LogP contribution in [0.25, 0.3) is 22.2 Å². The third-order valence-corrected chi connectivity index (χ3v) is 5.29. The summed E-state index contributed by atoms with van der Waals surface area (Å²) in [5.74, 6) is 0.995. The Labute approximate surface area is 174 Å². The fourth-order valence-electron chi connectivity index (χ4n) is 3.80. The van der Waals surface area contributed by atoms with Crippen molar-refractivity contribution in [2.45, 2.75) is 26.3 Å². The lowest BCUT2D eigenvalue weighted by molar-refractivity contribution is -0.384. The van der Waals surface area contributed by atoms with Crippen LogP contribution in [-0.4, -0.2) is 21.6 Å². The molecule has 30 heavy (non-hydrogen) atoms. The average molecular weight is 401 g/mol. The van der Waals surface area contributed by atoms with E-state index in [0.717, 1.165) is 33.5 Å². The Morgan fingerprint density at radius 3 is 2.40 bits per heavy atom. The third kappa shape index (κ3) is 3.52. The van der Waals surface area contributed by atoms with E-state index in [1.165, 1.54) is 6.20 Å². The number of pyridine rings is 1. The largest absolute Gasteiger partial charge is 0.497 e. The number of nitro groups is 1. The van der Waals surface area contributed by atoms with Gasteiger partial charge in [0.1, 0.15) is 17.6 Å². The van der Waals surface area contributed by atoms with Crippen LogP contribution in [0, 0.1) is 10.1 Å². The molecule has 6 nitrogen and oxygen atoms in total. The zero-order valence-corrected chi connectivity index (χ0v) is 17.2. The number of aromatic nitrogens is 2. The molecule has 0 atom stereocenters. The minimum atomic E-state index is -0.348. The maximum Gasteiger partial charge on any atom is 0.296 e. The summed E-state index contributed by atoms with van der Waals surface area (Å²) < 4.78 is 7.31. The van der Waals surface area contributed by atoms with Gasteiger partial charge < -0.3 is 9.30 Å². The molecule has 0 aliphatic carbocycles. The van der Waals surface area contributed by atoms with E-state index in [9.17, 15) is 10.1 Å². The highest BCUT2D eigenvalue weighted by Gasteiger charge is 2.25. The number of ether oxygens (including phenoxy) is 1. The molecule has 4 rings (SSSR count). The molecule has 152 valence electrons. The molecule has 6 heteroatoms. The van der Waals surface area contributed by atoms with E-state index in [1.807, 2.05) is 54.6 Å². The lowest BCUT2D eigenvalue weighted by Crippen LogP contribution is -2.01. The van der Waals surface area contributed by atoms with Crippen molar-refractivity contribution in [2.75, 3.05) is 7.11 Å². The first-order valence-corrected chi connectivity index (χ1v) is 9.84. The van der Waals surface area contributed by atoms with Gasteiger partial charge >= 0.3 is 0 Å². The number of rotatable bonds is 6. The summed E-state index contributed by atoms with van der Waals surface area (Å²) in [6.07, 6.45) is 3.45. The second kappa shape index (κ2) is 7.99. The number of hydrogen-bond donors (Lipinski definition) is 0. The molecule has 4 aromatic rings. The molecule has 0 fully saturated rings. The SMILES string of the molecule is COc1ccc(Cn2cc(C(C)C)c3c(-c4ccccc4)c([N+](=O)[O-])cnc32)cc1. The minimum Gasteiger partial charge on any atom is -0.497 e. The highest BCUT2D eigenvalue weighted by atomic mass is 16.6. The van der Waals surface area contributed by atoms with Crippen molar-refractivity contribution in [2.24, 2.45) is 0 Å². The van der Waals surface area contributed by atoms with Gasteiger partial charge in [-0.05, 0) is 34.7 Å². The van der Waals surface area contributed by atoms with E-state index in [4.69, 9.17) is 4.74 Å². The number of methoxy groups -OCH3 is 1. The van der Waals surface area contributed by atoms with Crippen LogP contribution in [-0.2, 0) is 6.54 Å². The lowest BCUT2D eigenvalue weighted by Gasteiger charge is -2.09. The quantitative estimate of drug-likeness (QED) is 0.303. The summed E-state index contributed by atoms with van der Waals surface area (Å²) >= 11 is 0. The average Bonchev–Trinajstić information content (AvgIpc) is 3.13. The molecular weight excluding hydrogens is 378 g/mol. The Bertz CT molecular complexity index is 1200. The summed E-state index contributed by atoms with van der Waals surface area (Å²) in [5.41, 5.74) is 4.37. The van der Waals surface area contributed by atoms with Crippen LogP contribution in [0.5, 0.6) is 5.75 Å². The van der Waals surface area contributed by atoms with Crippen LogP contribution in [0.4, 0.5) is 5.69 Å². The van der Waals surface area contributed by atoms with Crippen LogP contribution in [0.15, 0.2) is 67.0 Å². The Kier molecular flexibility index (Phi) is 5.23. The van der Waals surface area contributed by atoms with E-state index < -0.39 is 0 Å². The van der Waals surface area contributed by atoms with Crippen LogP contribution in [0.1, 0.15) is 30.9 Å². The van der Waals surface area contributed by atoms with Crippen molar-refractivity contribution in [3.8, 4) is 16.9 Å². The first kappa shape index (κ1) is 19.6. The van der Waals surface area contributed by atoms with Gasteiger partial charge in [-0.2, -0.15) is 0 Å². The van der Waals surface area contributed by atoms with Gasteiger partial charge in [0.15, 0.2) is 0 Å². The minimum absolute atomic E-state index is 0.0257. The first-order valence-electron chi connectivity index (χ1n) is 9.84. The summed E-state index contributed by atoms with van der Waals surface area (Å²) in [6, 6.07) is 17.4. The van der Waals surface area contributed by atoms with Crippen molar-refractivity contribution in [3.05, 3.63) is 88.2 Å². The summed E-state index contributed by atoms with van der Waals surface area (Å²) in [6.45, 7) is 4.81. The summed E-state index contributed by atoms with van der Waals surface area (Å²) in [5, 5.41) is 12.7. The molecule has 0 aliphatic rings. The van der Waals surface area contributed by atoms with Crippen LogP contribution >= 0.6 is 0 Å². The molecule has 2 aromatic carbocycles. The summed E-state index contributed by atoms with van der Waals surface area (Å²) in [7, 11) is 1.64. The van der Waals surface area contributed by atoms with Gasteiger partial charge in [-0.15, -0.1) is 0 Å². The molecule has 2 aromatic heterocycles. The molecule has 0 N–H and O–H groups in total. The van der Waals surface area contributed by atoms with Crippen LogP contribution in [0.3, 0.4) is 0 Å². The molecule has 0 spiro atoms. The van der Waals surface area contributed by atoms with Crippen molar-refractivity contribution in [1.82, 2.24) is 9.55 Å². The maximum atomic E-state index is 11.8. The molecule has 2 heterocycles. The zero-order chi connectivity index (χ0) is 21.3. The lowest BCUT2D eigenvalue weighted by atomic mass is 9.95. The van der Waals surface area contributed by atoms with E-state index in [1.54, 1.807) is 7.11 Å². The van der Waals surface area contributed by atoms with Gasteiger partial charge in [0, 0.05) is 18.1 Å². The molecule has 0 bridgehead atoms. The third-order valence-electron chi connectivity index (χ3n) is 5.29. The van der Waals surface area contributed by atoms with E-state index in [-0.39, 0.29) is 16.5 Å². The summed E-state index contributed by atoms with van der Waals surface area (Å²) in [4.78, 5) is 16.0. The Morgan fingerprint density at radius 2 is 1.80 bits per heavy atom. The molecule has 0 unspecified atom stereocenters. The fraction of sp³-hybridized carbons (Fsp3) is 0.208. The number of nitrogens with zero attached hydrogens (tertiary/aromatic N) is 3. The topological polar surface area (TPSA) is 70.2 Å². The van der Waals surface area contributed by atoms with Crippen molar-refractivity contribution in [3.63, 3.8) is 0 Å². The Morgan fingerprint density at radius 1 is 1.10 bits per heavy atom. The Balaban J connectivity index is 1.95. The van der Waals surface area contributed by atoms with Gasteiger partial charge in [0.05, 0.1) is 17.6 Å². The van der Waals surface area contributed by atoms with Crippen LogP contribution < -0.4 is 4.74 Å². The molecular formula is C24H23N3O3. The first-order chi connectivity index (χ1) is 14.5. The molecule has 0 amide bonds. The highest BCUT2D eigenvalue weighted by Crippen LogP contribution is 2.40. The highest BCUT2D eigenvalue weighted by molar-refractivity contribution is 6.00. The number of benzene rings is 2. The van der Waals surface area contributed by atoms with Crippen molar-refractivity contribution >= 4 is 16.7 Å². The zero-order valence-electron chi connectivity index (χ0n) is 17.2. The predicted octanol–water partition coefficient (Wildman–Crippen LogP) is 5.79. The van der Waals surface area contributed by atoms with Crippen LogP contribution in [0.2, 0.25) is 0 Å². The molecule has 0 saturated heterocycles. The molecule has 0 saturated carbocycles. The van der Waals surface area contributed by atoms with E-state index in [0.29, 0.717) is 12.1 Å². The van der Waals surface area contributed by atoms with Crippen molar-refractivity contribution < 1.29 is 9.66 Å². The Hall–Kier alpha value is -3.67. The van der Waals surface area contributed by atoms with Gasteiger partial charge in [-0.1, -0.05) is 56.3 Å². The smallest absolute Gasteiger partial charge is 0.296 e. The van der Waals surface area contributed by atoms with E-state index >= 15 is 0 Å². The van der Waals surface area contributed by atoms with Gasteiger partial charge in [-0.25, -0.2) is 4.98 Å². The number of hydrogen-bond acceptors (Lipinski definition) is 4. The number of fused-ring (bicyclic) bond motifs is 1.